The first-order chi connectivity index (χ1) is 11.9. The van der Waals surface area contributed by atoms with Gasteiger partial charge >= 0.3 is 0 Å². The standard InChI is InChI=1S/C17H15N5O2/c1-2-4-11(5-3-1)14-9-13(18-17-19-20-21-22(14)17)12-6-7-15-16(8-12)24-10-23-15/h1-8,13-14H,9-10H2,(H,18,19,21)/t13-,14-/m1/s1. The van der Waals surface area contributed by atoms with Crippen LogP contribution in [-0.4, -0.2) is 27.0 Å². The summed E-state index contributed by atoms with van der Waals surface area (Å²) in [5.74, 6) is 2.26. The Morgan fingerprint density at radius 2 is 1.88 bits per heavy atom. The van der Waals surface area contributed by atoms with Gasteiger partial charge in [0.15, 0.2) is 11.5 Å². The molecule has 2 aliphatic rings. The Balaban J connectivity index is 1.53. The highest BCUT2D eigenvalue weighted by Crippen LogP contribution is 2.40. The first kappa shape index (κ1) is 13.4. The number of fused-ring (bicyclic) bond motifs is 2. The van der Waals surface area contributed by atoms with Crippen molar-refractivity contribution in [3.8, 4) is 11.5 Å². The van der Waals surface area contributed by atoms with Crippen LogP contribution in [0.15, 0.2) is 48.5 Å². The highest BCUT2D eigenvalue weighted by molar-refractivity contribution is 5.47. The maximum absolute atomic E-state index is 5.50. The fourth-order valence-corrected chi connectivity index (χ4v) is 3.34. The second kappa shape index (κ2) is 5.23. The summed E-state index contributed by atoms with van der Waals surface area (Å²) in [6.07, 6.45) is 0.849. The lowest BCUT2D eigenvalue weighted by molar-refractivity contribution is 0.174. The summed E-state index contributed by atoms with van der Waals surface area (Å²) in [4.78, 5) is 0. The van der Waals surface area contributed by atoms with Gasteiger partial charge in [0.25, 0.3) is 0 Å². The number of hydrogen-bond acceptors (Lipinski definition) is 6. The largest absolute Gasteiger partial charge is 0.454 e. The van der Waals surface area contributed by atoms with Gasteiger partial charge in [-0.15, -0.1) is 0 Å². The molecule has 0 saturated carbocycles. The first-order valence-corrected chi connectivity index (χ1v) is 7.87. The minimum atomic E-state index is 0.0906. The number of benzene rings is 2. The third-order valence-electron chi connectivity index (χ3n) is 4.53. The van der Waals surface area contributed by atoms with Crippen LogP contribution < -0.4 is 14.8 Å². The van der Waals surface area contributed by atoms with E-state index in [1.54, 1.807) is 0 Å². The smallest absolute Gasteiger partial charge is 0.243 e. The molecule has 0 bridgehead atoms. The molecular formula is C17H15N5O2. The maximum Gasteiger partial charge on any atom is 0.243 e. The molecule has 0 aliphatic carbocycles. The topological polar surface area (TPSA) is 74.1 Å². The highest BCUT2D eigenvalue weighted by atomic mass is 16.7. The van der Waals surface area contributed by atoms with Gasteiger partial charge in [-0.2, -0.15) is 0 Å². The molecule has 24 heavy (non-hydrogen) atoms. The minimum Gasteiger partial charge on any atom is -0.454 e. The van der Waals surface area contributed by atoms with Gasteiger partial charge in [-0.05, 0) is 40.1 Å². The fraction of sp³-hybridized carbons (Fsp3) is 0.235. The number of rotatable bonds is 2. The van der Waals surface area contributed by atoms with E-state index in [1.165, 1.54) is 5.56 Å². The van der Waals surface area contributed by atoms with Crippen molar-refractivity contribution in [3.63, 3.8) is 0 Å². The third-order valence-corrected chi connectivity index (χ3v) is 4.53. The van der Waals surface area contributed by atoms with Crippen molar-refractivity contribution in [1.82, 2.24) is 20.2 Å². The van der Waals surface area contributed by atoms with Gasteiger partial charge in [0, 0.05) is 0 Å². The number of tetrazole rings is 1. The van der Waals surface area contributed by atoms with Crippen LogP contribution in [0.1, 0.15) is 29.6 Å². The van der Waals surface area contributed by atoms with Crippen molar-refractivity contribution >= 4 is 5.95 Å². The van der Waals surface area contributed by atoms with Gasteiger partial charge in [0.1, 0.15) is 0 Å². The molecule has 0 spiro atoms. The molecule has 2 aromatic carbocycles. The van der Waals surface area contributed by atoms with Crippen molar-refractivity contribution in [2.45, 2.75) is 18.5 Å². The molecule has 2 aliphatic heterocycles. The number of anilines is 1. The second-order valence-corrected chi connectivity index (χ2v) is 5.92. The molecule has 7 nitrogen and oxygen atoms in total. The lowest BCUT2D eigenvalue weighted by Gasteiger charge is -2.31. The van der Waals surface area contributed by atoms with Crippen LogP contribution in [0.3, 0.4) is 0 Å². The Morgan fingerprint density at radius 1 is 1.00 bits per heavy atom. The van der Waals surface area contributed by atoms with Crippen molar-refractivity contribution in [2.75, 3.05) is 12.1 Å². The molecule has 0 radical (unpaired) electrons. The van der Waals surface area contributed by atoms with Gasteiger partial charge < -0.3 is 14.8 Å². The minimum absolute atomic E-state index is 0.0906. The van der Waals surface area contributed by atoms with E-state index in [4.69, 9.17) is 9.47 Å². The van der Waals surface area contributed by atoms with Crippen molar-refractivity contribution in [3.05, 3.63) is 59.7 Å². The molecule has 0 unspecified atom stereocenters. The molecule has 7 heteroatoms. The molecule has 5 rings (SSSR count). The zero-order valence-electron chi connectivity index (χ0n) is 12.8. The van der Waals surface area contributed by atoms with Crippen LogP contribution in [0.2, 0.25) is 0 Å². The maximum atomic E-state index is 5.50. The fourth-order valence-electron chi connectivity index (χ4n) is 3.34. The summed E-state index contributed by atoms with van der Waals surface area (Å²) in [5.41, 5.74) is 2.33. The summed E-state index contributed by atoms with van der Waals surface area (Å²) in [6.45, 7) is 0.280. The van der Waals surface area contributed by atoms with E-state index in [2.05, 4.69) is 39.0 Å². The van der Waals surface area contributed by atoms with Crippen LogP contribution in [0.5, 0.6) is 11.5 Å². The number of nitrogens with one attached hydrogen (secondary N) is 1. The summed E-state index contributed by atoms with van der Waals surface area (Å²) in [6, 6.07) is 16.5. The van der Waals surface area contributed by atoms with Gasteiger partial charge in [0.2, 0.25) is 12.7 Å². The number of nitrogens with zero attached hydrogens (tertiary/aromatic N) is 4. The number of ether oxygens (including phenoxy) is 2. The van der Waals surface area contributed by atoms with E-state index in [1.807, 2.05) is 35.0 Å². The third kappa shape index (κ3) is 2.09. The molecule has 2 atom stereocenters. The van der Waals surface area contributed by atoms with E-state index in [-0.39, 0.29) is 18.9 Å². The van der Waals surface area contributed by atoms with Gasteiger partial charge in [-0.3, -0.25) is 0 Å². The molecule has 1 N–H and O–H groups in total. The SMILES string of the molecule is c1ccc([C@H]2C[C@H](c3ccc4c(c3)OCO4)Nc3nnnn32)cc1. The first-order valence-electron chi connectivity index (χ1n) is 7.87. The van der Waals surface area contributed by atoms with E-state index in [0.29, 0.717) is 5.95 Å². The molecule has 3 heterocycles. The predicted octanol–water partition coefficient (Wildman–Crippen LogP) is 2.55. The van der Waals surface area contributed by atoms with Crippen LogP contribution in [0.4, 0.5) is 5.95 Å². The van der Waals surface area contributed by atoms with Crippen molar-refractivity contribution in [1.29, 1.82) is 0 Å². The summed E-state index contributed by atoms with van der Waals surface area (Å²) >= 11 is 0. The summed E-state index contributed by atoms with van der Waals surface area (Å²) in [7, 11) is 0. The molecule has 1 aromatic heterocycles. The predicted molar refractivity (Wildman–Crippen MR) is 85.9 cm³/mol. The zero-order valence-corrected chi connectivity index (χ0v) is 12.8. The lowest BCUT2D eigenvalue weighted by atomic mass is 9.93. The Labute approximate surface area is 138 Å². The zero-order chi connectivity index (χ0) is 15.9. The summed E-state index contributed by atoms with van der Waals surface area (Å²) < 4.78 is 12.7. The van der Waals surface area contributed by atoms with Gasteiger partial charge in [-0.1, -0.05) is 41.5 Å². The summed E-state index contributed by atoms with van der Waals surface area (Å²) in [5, 5.41) is 15.5. The van der Waals surface area contributed by atoms with E-state index >= 15 is 0 Å². The van der Waals surface area contributed by atoms with E-state index in [9.17, 15) is 0 Å². The second-order valence-electron chi connectivity index (χ2n) is 5.92. The van der Waals surface area contributed by atoms with Crippen molar-refractivity contribution in [2.24, 2.45) is 0 Å². The van der Waals surface area contributed by atoms with Crippen LogP contribution in [-0.2, 0) is 0 Å². The van der Waals surface area contributed by atoms with Crippen LogP contribution in [0.25, 0.3) is 0 Å². The van der Waals surface area contributed by atoms with E-state index < -0.39 is 0 Å². The molecule has 3 aromatic rings. The van der Waals surface area contributed by atoms with Gasteiger partial charge in [-0.25, -0.2) is 4.68 Å². The average Bonchev–Trinajstić information content (AvgIpc) is 3.29. The molecular weight excluding hydrogens is 306 g/mol. The molecule has 0 fully saturated rings. The highest BCUT2D eigenvalue weighted by Gasteiger charge is 2.31. The monoisotopic (exact) mass is 321 g/mol. The Morgan fingerprint density at radius 3 is 2.79 bits per heavy atom. The van der Waals surface area contributed by atoms with Gasteiger partial charge in [0.05, 0.1) is 12.1 Å². The molecule has 0 amide bonds. The Hall–Kier alpha value is -3.09. The number of hydrogen-bond donors (Lipinski definition) is 1. The lowest BCUT2D eigenvalue weighted by Crippen LogP contribution is -2.28. The molecule has 0 saturated heterocycles. The van der Waals surface area contributed by atoms with E-state index in [0.717, 1.165) is 23.5 Å². The molecule has 120 valence electrons. The normalized spacial score (nSPS) is 21.2. The number of aromatic nitrogens is 4. The van der Waals surface area contributed by atoms with Crippen LogP contribution in [0, 0.1) is 0 Å². The Kier molecular flexibility index (Phi) is 2.91. The average molecular weight is 321 g/mol. The Bertz CT molecular complexity index is 880. The van der Waals surface area contributed by atoms with Crippen LogP contribution >= 0.6 is 0 Å². The van der Waals surface area contributed by atoms with Crippen molar-refractivity contribution < 1.29 is 9.47 Å². The quantitative estimate of drug-likeness (QED) is 0.782.